The molecule has 0 spiro atoms. The van der Waals surface area contributed by atoms with Crippen LogP contribution in [0.3, 0.4) is 0 Å². The Morgan fingerprint density at radius 2 is 2.23 bits per heavy atom. The molecule has 1 aliphatic heterocycles. The van der Waals surface area contributed by atoms with Crippen LogP contribution in [-0.4, -0.2) is 27.1 Å². The van der Waals surface area contributed by atoms with E-state index in [9.17, 15) is 0 Å². The summed E-state index contributed by atoms with van der Waals surface area (Å²) >= 11 is 0. The molecular weight excluding hydrogens is 274 g/mol. The molecule has 2 aliphatic rings. The number of nitriles is 1. The molecule has 2 aromatic rings. The van der Waals surface area contributed by atoms with Crippen molar-refractivity contribution >= 4 is 5.69 Å². The quantitative estimate of drug-likeness (QED) is 0.810. The van der Waals surface area contributed by atoms with Gasteiger partial charge in [-0.15, -0.1) is 0 Å². The third-order valence-electron chi connectivity index (χ3n) is 5.09. The van der Waals surface area contributed by atoms with E-state index in [-0.39, 0.29) is 0 Å². The maximum atomic E-state index is 9.08. The van der Waals surface area contributed by atoms with E-state index in [0.717, 1.165) is 25.1 Å². The summed E-state index contributed by atoms with van der Waals surface area (Å²) in [6.07, 6.45) is 8.31. The fraction of sp³-hybridized carbons (Fsp3) is 0.471. The van der Waals surface area contributed by atoms with Crippen molar-refractivity contribution in [2.75, 3.05) is 11.4 Å². The number of rotatable bonds is 1. The Hall–Kier alpha value is -2.35. The van der Waals surface area contributed by atoms with E-state index in [1.807, 2.05) is 18.5 Å². The smallest absolute Gasteiger partial charge is 0.142 e. The van der Waals surface area contributed by atoms with Gasteiger partial charge in [0.05, 0.1) is 12.0 Å². The summed E-state index contributed by atoms with van der Waals surface area (Å²) in [6, 6.07) is 6.57. The van der Waals surface area contributed by atoms with Crippen LogP contribution >= 0.6 is 0 Å². The van der Waals surface area contributed by atoms with Gasteiger partial charge in [-0.3, -0.25) is 0 Å². The number of aromatic nitrogens is 3. The lowest BCUT2D eigenvalue weighted by atomic mass is 9.78. The second-order valence-electron chi connectivity index (χ2n) is 6.25. The minimum Gasteiger partial charge on any atom is -0.368 e. The summed E-state index contributed by atoms with van der Waals surface area (Å²) in [5, 5.41) is 9.08. The zero-order chi connectivity index (χ0) is 15.1. The predicted octanol–water partition coefficient (Wildman–Crippen LogP) is 2.39. The van der Waals surface area contributed by atoms with Crippen LogP contribution in [0.5, 0.6) is 0 Å². The molecular formula is C17H19N5. The summed E-state index contributed by atoms with van der Waals surface area (Å²) in [6.45, 7) is 1.05. The number of hydrogen-bond acceptors (Lipinski definition) is 4. The normalized spacial score (nSPS) is 23.5. The van der Waals surface area contributed by atoms with Gasteiger partial charge in [-0.05, 0) is 37.8 Å². The number of nitrogens with zero attached hydrogens (tertiary/aromatic N) is 5. The predicted molar refractivity (Wildman–Crippen MR) is 83.6 cm³/mol. The van der Waals surface area contributed by atoms with Gasteiger partial charge in [-0.1, -0.05) is 0 Å². The average Bonchev–Trinajstić information content (AvgIpc) is 2.96. The van der Waals surface area contributed by atoms with E-state index < -0.39 is 0 Å². The Morgan fingerprint density at radius 3 is 3.09 bits per heavy atom. The van der Waals surface area contributed by atoms with E-state index in [1.54, 1.807) is 6.20 Å². The molecule has 1 saturated heterocycles. The first-order chi connectivity index (χ1) is 10.8. The number of aryl methyl sites for hydroxylation is 1. The average molecular weight is 293 g/mol. The second kappa shape index (κ2) is 5.13. The number of anilines is 1. The minimum absolute atomic E-state index is 0.491. The highest BCUT2D eigenvalue weighted by atomic mass is 15.2. The van der Waals surface area contributed by atoms with Crippen molar-refractivity contribution in [1.29, 1.82) is 5.26 Å². The molecule has 5 nitrogen and oxygen atoms in total. The molecule has 2 atom stereocenters. The van der Waals surface area contributed by atoms with Crippen LogP contribution in [0.2, 0.25) is 0 Å². The number of fused-ring (bicyclic) bond motifs is 3. The first kappa shape index (κ1) is 13.3. The van der Waals surface area contributed by atoms with Gasteiger partial charge >= 0.3 is 0 Å². The van der Waals surface area contributed by atoms with Crippen LogP contribution in [0, 0.1) is 11.3 Å². The molecule has 4 rings (SSSR count). The molecule has 0 radical (unpaired) electrons. The zero-order valence-corrected chi connectivity index (χ0v) is 12.7. The SMILES string of the molecule is Cn1cnc2c1CCC1C2CCCN1c1ccnc(C#N)c1. The van der Waals surface area contributed by atoms with Crippen LogP contribution in [-0.2, 0) is 13.5 Å². The number of pyridine rings is 1. The standard InChI is InChI=1S/C17H19N5/c1-21-11-20-17-14-3-2-8-22(15(14)4-5-16(17)21)13-6-7-19-12(9-13)10-18/h6-7,9,11,14-15H,2-5,8H2,1H3. The number of imidazole rings is 1. The van der Waals surface area contributed by atoms with E-state index in [1.165, 1.54) is 24.2 Å². The largest absolute Gasteiger partial charge is 0.368 e. The van der Waals surface area contributed by atoms with Gasteiger partial charge in [0.25, 0.3) is 0 Å². The van der Waals surface area contributed by atoms with Crippen molar-refractivity contribution in [1.82, 2.24) is 14.5 Å². The van der Waals surface area contributed by atoms with Gasteiger partial charge in [0.1, 0.15) is 11.8 Å². The lowest BCUT2D eigenvalue weighted by molar-refractivity contribution is 0.357. The Balaban J connectivity index is 1.70. The Morgan fingerprint density at radius 1 is 1.32 bits per heavy atom. The van der Waals surface area contributed by atoms with Crippen molar-refractivity contribution in [3.8, 4) is 6.07 Å². The zero-order valence-electron chi connectivity index (χ0n) is 12.7. The van der Waals surface area contributed by atoms with Gasteiger partial charge in [-0.2, -0.15) is 5.26 Å². The van der Waals surface area contributed by atoms with Gasteiger partial charge in [0.15, 0.2) is 0 Å². The highest BCUT2D eigenvalue weighted by Crippen LogP contribution is 2.41. The number of piperidine rings is 1. The van der Waals surface area contributed by atoms with Crippen LogP contribution in [0.25, 0.3) is 0 Å². The second-order valence-corrected chi connectivity index (χ2v) is 6.25. The molecule has 22 heavy (non-hydrogen) atoms. The monoisotopic (exact) mass is 293 g/mol. The number of hydrogen-bond donors (Lipinski definition) is 0. The fourth-order valence-corrected chi connectivity index (χ4v) is 4.09. The fourth-order valence-electron chi connectivity index (χ4n) is 4.09. The molecule has 5 heteroatoms. The van der Waals surface area contributed by atoms with Crippen molar-refractivity contribution < 1.29 is 0 Å². The highest BCUT2D eigenvalue weighted by molar-refractivity contribution is 5.51. The summed E-state index contributed by atoms with van der Waals surface area (Å²) in [4.78, 5) is 11.2. The first-order valence-corrected chi connectivity index (χ1v) is 7.91. The molecule has 1 aliphatic carbocycles. The Bertz CT molecular complexity index is 742. The lowest BCUT2D eigenvalue weighted by Gasteiger charge is -2.45. The van der Waals surface area contributed by atoms with Crippen LogP contribution in [0.4, 0.5) is 5.69 Å². The molecule has 3 heterocycles. The summed E-state index contributed by atoms with van der Waals surface area (Å²) in [5.41, 5.74) is 4.31. The molecule has 0 amide bonds. The maximum absolute atomic E-state index is 9.08. The van der Waals surface area contributed by atoms with Crippen molar-refractivity contribution in [2.45, 2.75) is 37.6 Å². The van der Waals surface area contributed by atoms with Gasteiger partial charge in [-0.25, -0.2) is 9.97 Å². The van der Waals surface area contributed by atoms with Gasteiger partial charge in [0, 0.05) is 43.1 Å². The molecule has 0 saturated carbocycles. The van der Waals surface area contributed by atoms with Crippen LogP contribution in [0.1, 0.15) is 42.3 Å². The van der Waals surface area contributed by atoms with Crippen molar-refractivity contribution in [2.24, 2.45) is 7.05 Å². The van der Waals surface area contributed by atoms with E-state index >= 15 is 0 Å². The highest BCUT2D eigenvalue weighted by Gasteiger charge is 2.38. The Labute approximate surface area is 130 Å². The van der Waals surface area contributed by atoms with Crippen molar-refractivity contribution in [3.05, 3.63) is 41.7 Å². The molecule has 1 fully saturated rings. The molecule has 112 valence electrons. The lowest BCUT2D eigenvalue weighted by Crippen LogP contribution is -2.46. The van der Waals surface area contributed by atoms with Gasteiger partial charge < -0.3 is 9.47 Å². The third kappa shape index (κ3) is 1.98. The first-order valence-electron chi connectivity index (χ1n) is 7.91. The summed E-state index contributed by atoms with van der Waals surface area (Å²) < 4.78 is 2.17. The van der Waals surface area contributed by atoms with E-state index in [4.69, 9.17) is 5.26 Å². The minimum atomic E-state index is 0.491. The molecule has 2 unspecified atom stereocenters. The third-order valence-corrected chi connectivity index (χ3v) is 5.09. The van der Waals surface area contributed by atoms with Crippen molar-refractivity contribution in [3.63, 3.8) is 0 Å². The Kier molecular flexibility index (Phi) is 3.11. The van der Waals surface area contributed by atoms with Crippen LogP contribution < -0.4 is 4.90 Å². The molecule has 2 aromatic heterocycles. The maximum Gasteiger partial charge on any atom is 0.142 e. The van der Waals surface area contributed by atoms with E-state index in [2.05, 4.69) is 32.6 Å². The molecule has 0 N–H and O–H groups in total. The van der Waals surface area contributed by atoms with Gasteiger partial charge in [0.2, 0.25) is 0 Å². The summed E-state index contributed by atoms with van der Waals surface area (Å²) in [5.74, 6) is 0.511. The van der Waals surface area contributed by atoms with E-state index in [0.29, 0.717) is 17.7 Å². The molecule has 0 bridgehead atoms. The summed E-state index contributed by atoms with van der Waals surface area (Å²) in [7, 11) is 2.09. The molecule has 0 aromatic carbocycles. The van der Waals surface area contributed by atoms with Crippen LogP contribution in [0.15, 0.2) is 24.7 Å². The topological polar surface area (TPSA) is 57.7 Å².